The van der Waals surface area contributed by atoms with Gasteiger partial charge in [0.25, 0.3) is 0 Å². The zero-order valence-electron chi connectivity index (χ0n) is 19.6. The molecule has 0 radical (unpaired) electrons. The van der Waals surface area contributed by atoms with E-state index in [-0.39, 0.29) is 17.5 Å². The van der Waals surface area contributed by atoms with Crippen LogP contribution in [0.25, 0.3) is 0 Å². The number of hydrogen-bond acceptors (Lipinski definition) is 8. The van der Waals surface area contributed by atoms with Gasteiger partial charge in [-0.2, -0.15) is 4.98 Å². The first-order valence-corrected chi connectivity index (χ1v) is 12.1. The largest absolute Gasteiger partial charge is 0.444 e. The normalized spacial score (nSPS) is 18.1. The smallest absolute Gasteiger partial charge is 0.407 e. The molecule has 1 fully saturated rings. The summed E-state index contributed by atoms with van der Waals surface area (Å²) in [5.41, 5.74) is 0.346. The molecule has 0 bridgehead atoms. The third kappa shape index (κ3) is 8.12. The Morgan fingerprint density at radius 3 is 2.62 bits per heavy atom. The fourth-order valence-electron chi connectivity index (χ4n) is 3.78. The molecule has 0 atom stereocenters. The van der Waals surface area contributed by atoms with E-state index < -0.39 is 16.6 Å². The lowest BCUT2D eigenvalue weighted by Gasteiger charge is -2.30. The first kappa shape index (κ1) is 25.7. The Kier molecular flexibility index (Phi) is 8.65. The van der Waals surface area contributed by atoms with E-state index in [9.17, 15) is 14.9 Å². The monoisotopic (exact) mass is 534 g/mol. The minimum atomic E-state index is -0.525. The fourth-order valence-corrected chi connectivity index (χ4v) is 4.23. The summed E-state index contributed by atoms with van der Waals surface area (Å²) in [6.45, 7) is 6.56. The number of anilines is 2. The lowest BCUT2D eigenvalue weighted by Crippen LogP contribution is -2.41. The summed E-state index contributed by atoms with van der Waals surface area (Å²) in [4.78, 5) is 31.4. The Labute approximate surface area is 207 Å². The summed E-state index contributed by atoms with van der Waals surface area (Å²) in [6.07, 6.45) is 4.27. The molecular weight excluding hydrogens is 504 g/mol. The van der Waals surface area contributed by atoms with Gasteiger partial charge in [0.2, 0.25) is 11.8 Å². The van der Waals surface area contributed by atoms with Crippen LogP contribution in [-0.2, 0) is 11.3 Å². The molecule has 0 spiro atoms. The Morgan fingerprint density at radius 2 is 1.97 bits per heavy atom. The summed E-state index contributed by atoms with van der Waals surface area (Å²) in [5, 5.41) is 20.6. The van der Waals surface area contributed by atoms with Crippen LogP contribution in [0, 0.1) is 16.0 Å². The Balaban J connectivity index is 1.53. The van der Waals surface area contributed by atoms with E-state index >= 15 is 0 Å². The molecule has 0 saturated heterocycles. The van der Waals surface area contributed by atoms with Gasteiger partial charge in [-0.3, -0.25) is 10.1 Å². The van der Waals surface area contributed by atoms with Gasteiger partial charge in [0, 0.05) is 23.6 Å². The molecule has 34 heavy (non-hydrogen) atoms. The van der Waals surface area contributed by atoms with Gasteiger partial charge in [-0.15, -0.1) is 0 Å². The Morgan fingerprint density at radius 1 is 1.24 bits per heavy atom. The molecule has 1 saturated carbocycles. The number of benzene rings is 1. The number of hydrogen-bond donors (Lipinski definition) is 3. The lowest BCUT2D eigenvalue weighted by molar-refractivity contribution is -0.384. The van der Waals surface area contributed by atoms with Crippen LogP contribution in [0.4, 0.5) is 22.2 Å². The van der Waals surface area contributed by atoms with Gasteiger partial charge in [0.05, 0.1) is 4.92 Å². The number of nitrogens with zero attached hydrogens (tertiary/aromatic N) is 3. The zero-order chi connectivity index (χ0) is 24.7. The van der Waals surface area contributed by atoms with Gasteiger partial charge in [0.15, 0.2) is 0 Å². The second-order valence-electron chi connectivity index (χ2n) is 9.41. The SMILES string of the molecule is CC(C)(C)OC(=O)NC1CCC(CNc2nc(NCc3cccc(Br)c3)ncc2[N+](=O)[O-])CC1. The maximum absolute atomic E-state index is 12.0. The molecule has 3 N–H and O–H groups in total. The summed E-state index contributed by atoms with van der Waals surface area (Å²) in [6, 6.07) is 7.90. The first-order valence-electron chi connectivity index (χ1n) is 11.3. The second-order valence-corrected chi connectivity index (χ2v) is 10.3. The quantitative estimate of drug-likeness (QED) is 0.308. The third-order valence-electron chi connectivity index (χ3n) is 5.43. The number of ether oxygens (including phenoxy) is 1. The van der Waals surface area contributed by atoms with Crippen LogP contribution in [0.2, 0.25) is 0 Å². The molecule has 1 heterocycles. The average molecular weight is 535 g/mol. The van der Waals surface area contributed by atoms with Crippen molar-refractivity contribution in [2.75, 3.05) is 17.2 Å². The maximum atomic E-state index is 12.0. The van der Waals surface area contributed by atoms with Crippen molar-refractivity contribution in [2.24, 2.45) is 5.92 Å². The number of nitro groups is 1. The van der Waals surface area contributed by atoms with E-state index in [1.54, 1.807) is 0 Å². The van der Waals surface area contributed by atoms with E-state index in [2.05, 4.69) is 41.8 Å². The van der Waals surface area contributed by atoms with Crippen molar-refractivity contribution in [3.05, 3.63) is 50.6 Å². The predicted octanol–water partition coefficient (Wildman–Crippen LogP) is 5.25. The number of nitrogens with one attached hydrogen (secondary N) is 3. The Hall–Kier alpha value is -2.95. The first-order chi connectivity index (χ1) is 16.1. The molecule has 10 nitrogen and oxygen atoms in total. The summed E-state index contributed by atoms with van der Waals surface area (Å²) in [5.74, 6) is 0.841. The highest BCUT2D eigenvalue weighted by Crippen LogP contribution is 2.27. The molecule has 1 aliphatic carbocycles. The molecule has 1 aromatic carbocycles. The predicted molar refractivity (Wildman–Crippen MR) is 134 cm³/mol. The Bertz CT molecular complexity index is 1010. The highest BCUT2D eigenvalue weighted by Gasteiger charge is 2.26. The average Bonchev–Trinajstić information content (AvgIpc) is 2.76. The van der Waals surface area contributed by atoms with Crippen molar-refractivity contribution in [1.82, 2.24) is 15.3 Å². The van der Waals surface area contributed by atoms with Gasteiger partial charge >= 0.3 is 11.8 Å². The number of amides is 1. The highest BCUT2D eigenvalue weighted by atomic mass is 79.9. The highest BCUT2D eigenvalue weighted by molar-refractivity contribution is 9.10. The number of carbonyl (C=O) groups excluding carboxylic acids is 1. The van der Waals surface area contributed by atoms with Gasteiger partial charge in [-0.25, -0.2) is 9.78 Å². The molecule has 2 aromatic rings. The maximum Gasteiger partial charge on any atom is 0.407 e. The molecule has 0 aliphatic heterocycles. The standard InChI is InChI=1S/C23H31BrN6O4/c1-23(2,3)34-22(31)28-18-9-7-15(8-10-18)12-25-20-19(30(32)33)14-27-21(29-20)26-13-16-5-4-6-17(24)11-16/h4-6,11,14-15,18H,7-10,12-13H2,1-3H3,(H,28,31)(H2,25,26,27,29). The molecule has 184 valence electrons. The second kappa shape index (κ2) is 11.5. The van der Waals surface area contributed by atoms with Crippen molar-refractivity contribution in [3.63, 3.8) is 0 Å². The topological polar surface area (TPSA) is 131 Å². The van der Waals surface area contributed by atoms with Crippen molar-refractivity contribution in [3.8, 4) is 0 Å². The molecule has 0 unspecified atom stereocenters. The minimum Gasteiger partial charge on any atom is -0.444 e. The lowest BCUT2D eigenvalue weighted by atomic mass is 9.86. The summed E-state index contributed by atoms with van der Waals surface area (Å²) in [7, 11) is 0. The third-order valence-corrected chi connectivity index (χ3v) is 5.92. The van der Waals surface area contributed by atoms with Crippen LogP contribution < -0.4 is 16.0 Å². The molecule has 1 amide bonds. The molecule has 3 rings (SSSR count). The number of carbonyl (C=O) groups is 1. The van der Waals surface area contributed by atoms with E-state index in [1.165, 1.54) is 6.20 Å². The number of alkyl carbamates (subject to hydrolysis) is 1. The van der Waals surface area contributed by atoms with Crippen LogP contribution in [-0.4, -0.2) is 39.2 Å². The fraction of sp³-hybridized carbons (Fsp3) is 0.522. The molecule has 1 aliphatic rings. The van der Waals surface area contributed by atoms with Crippen LogP contribution in [0.3, 0.4) is 0 Å². The van der Waals surface area contributed by atoms with Gasteiger partial charge in [-0.1, -0.05) is 28.1 Å². The van der Waals surface area contributed by atoms with Gasteiger partial charge in [-0.05, 0) is 70.1 Å². The van der Waals surface area contributed by atoms with Crippen molar-refractivity contribution in [1.29, 1.82) is 0 Å². The summed E-state index contributed by atoms with van der Waals surface area (Å²) < 4.78 is 6.29. The van der Waals surface area contributed by atoms with Crippen molar-refractivity contribution < 1.29 is 14.5 Å². The van der Waals surface area contributed by atoms with Crippen molar-refractivity contribution >= 4 is 39.5 Å². The number of aromatic nitrogens is 2. The molecule has 1 aromatic heterocycles. The van der Waals surface area contributed by atoms with E-state index in [0.29, 0.717) is 25.0 Å². The number of rotatable bonds is 8. The van der Waals surface area contributed by atoms with Gasteiger partial charge < -0.3 is 20.7 Å². The van der Waals surface area contributed by atoms with Crippen LogP contribution in [0.1, 0.15) is 52.0 Å². The van der Waals surface area contributed by atoms with E-state index in [0.717, 1.165) is 35.7 Å². The van der Waals surface area contributed by atoms with Crippen LogP contribution in [0.5, 0.6) is 0 Å². The van der Waals surface area contributed by atoms with Gasteiger partial charge in [0.1, 0.15) is 11.8 Å². The molecule has 11 heteroatoms. The van der Waals surface area contributed by atoms with Crippen LogP contribution in [0.15, 0.2) is 34.9 Å². The molecular formula is C23H31BrN6O4. The minimum absolute atomic E-state index is 0.0771. The summed E-state index contributed by atoms with van der Waals surface area (Å²) >= 11 is 3.44. The van der Waals surface area contributed by atoms with Crippen molar-refractivity contribution in [2.45, 2.75) is 64.6 Å². The van der Waals surface area contributed by atoms with E-state index in [4.69, 9.17) is 4.74 Å². The zero-order valence-corrected chi connectivity index (χ0v) is 21.2. The van der Waals surface area contributed by atoms with E-state index in [1.807, 2.05) is 45.0 Å². The number of halogens is 1. The van der Waals surface area contributed by atoms with Crippen LogP contribution >= 0.6 is 15.9 Å².